The molecule has 1 fully saturated rings. The Kier molecular flexibility index (Phi) is 4.86. The van der Waals surface area contributed by atoms with Crippen LogP contribution in [-0.2, 0) is 6.42 Å². The van der Waals surface area contributed by atoms with Crippen LogP contribution in [0.4, 0.5) is 0 Å². The lowest BCUT2D eigenvalue weighted by Gasteiger charge is -2.35. The highest BCUT2D eigenvalue weighted by Gasteiger charge is 2.35. The predicted octanol–water partition coefficient (Wildman–Crippen LogP) is 5.35. The van der Waals surface area contributed by atoms with Gasteiger partial charge in [-0.15, -0.1) is 0 Å². The molecule has 1 saturated carbocycles. The largest absolute Gasteiger partial charge is 0.198 e. The molecule has 2 rings (SSSR count). The quantitative estimate of drug-likeness (QED) is 0.723. The first-order valence-electron chi connectivity index (χ1n) is 8.06. The van der Waals surface area contributed by atoms with Crippen LogP contribution in [0.3, 0.4) is 0 Å². The van der Waals surface area contributed by atoms with Crippen LogP contribution in [0.5, 0.6) is 0 Å². The molecule has 0 unspecified atom stereocenters. The molecular formula is C19H27N. The molecule has 0 aliphatic heterocycles. The maximum atomic E-state index is 9.75. The van der Waals surface area contributed by atoms with E-state index < -0.39 is 0 Å². The summed E-state index contributed by atoms with van der Waals surface area (Å²) < 4.78 is 0. The van der Waals surface area contributed by atoms with Crippen molar-refractivity contribution in [3.8, 4) is 6.07 Å². The van der Waals surface area contributed by atoms with Crippen molar-refractivity contribution in [2.24, 2.45) is 11.3 Å². The topological polar surface area (TPSA) is 23.8 Å². The number of nitriles is 1. The summed E-state index contributed by atoms with van der Waals surface area (Å²) >= 11 is 0. The van der Waals surface area contributed by atoms with Crippen LogP contribution in [0.2, 0.25) is 0 Å². The van der Waals surface area contributed by atoms with E-state index in [1.165, 1.54) is 42.4 Å². The van der Waals surface area contributed by atoms with Crippen molar-refractivity contribution in [1.82, 2.24) is 0 Å². The van der Waals surface area contributed by atoms with Gasteiger partial charge >= 0.3 is 0 Å². The van der Waals surface area contributed by atoms with Gasteiger partial charge < -0.3 is 0 Å². The van der Waals surface area contributed by atoms with E-state index in [4.69, 9.17) is 0 Å². The molecule has 0 amide bonds. The van der Waals surface area contributed by atoms with E-state index in [-0.39, 0.29) is 5.41 Å². The highest BCUT2D eigenvalue weighted by Crippen LogP contribution is 2.43. The van der Waals surface area contributed by atoms with Crippen molar-refractivity contribution in [2.45, 2.75) is 65.7 Å². The number of rotatable bonds is 4. The molecule has 1 aliphatic carbocycles. The van der Waals surface area contributed by atoms with Crippen LogP contribution in [-0.4, -0.2) is 0 Å². The smallest absolute Gasteiger partial charge is 0.0693 e. The lowest BCUT2D eigenvalue weighted by atomic mass is 9.67. The Morgan fingerprint density at radius 3 is 2.30 bits per heavy atom. The molecule has 1 aromatic carbocycles. The van der Waals surface area contributed by atoms with E-state index >= 15 is 0 Å². The molecule has 0 spiro atoms. The van der Waals surface area contributed by atoms with Gasteiger partial charge in [-0.2, -0.15) is 5.26 Å². The Morgan fingerprint density at radius 1 is 1.20 bits per heavy atom. The zero-order chi connectivity index (χ0) is 14.6. The van der Waals surface area contributed by atoms with Gasteiger partial charge in [-0.1, -0.05) is 38.0 Å². The fraction of sp³-hybridized carbons (Fsp3) is 0.632. The molecule has 1 aromatic rings. The highest BCUT2D eigenvalue weighted by molar-refractivity contribution is 5.35. The SMILES string of the molecule is CCCC1CCC(C#N)(Cc2c(C)cccc2C)CC1. The summed E-state index contributed by atoms with van der Waals surface area (Å²) in [5.41, 5.74) is 3.98. The van der Waals surface area contributed by atoms with Crippen molar-refractivity contribution in [3.63, 3.8) is 0 Å². The predicted molar refractivity (Wildman–Crippen MR) is 84.5 cm³/mol. The van der Waals surface area contributed by atoms with Crippen molar-refractivity contribution in [2.75, 3.05) is 0 Å². The van der Waals surface area contributed by atoms with Crippen LogP contribution in [0.25, 0.3) is 0 Å². The Hall–Kier alpha value is -1.29. The molecule has 0 saturated heterocycles. The van der Waals surface area contributed by atoms with Gasteiger partial charge in [0.15, 0.2) is 0 Å². The summed E-state index contributed by atoms with van der Waals surface area (Å²) in [5.74, 6) is 0.861. The van der Waals surface area contributed by atoms with Gasteiger partial charge in [-0.25, -0.2) is 0 Å². The van der Waals surface area contributed by atoms with Gasteiger partial charge in [0.25, 0.3) is 0 Å². The molecule has 108 valence electrons. The summed E-state index contributed by atoms with van der Waals surface area (Å²) in [7, 11) is 0. The fourth-order valence-corrected chi connectivity index (χ4v) is 3.72. The van der Waals surface area contributed by atoms with E-state index in [1.54, 1.807) is 0 Å². The normalized spacial score (nSPS) is 26.2. The molecule has 0 heterocycles. The minimum Gasteiger partial charge on any atom is -0.198 e. The number of nitrogens with zero attached hydrogens (tertiary/aromatic N) is 1. The molecule has 0 aromatic heterocycles. The standard InChI is InChI=1S/C19H27N/c1-4-6-17-9-11-19(14-20,12-10-17)13-18-15(2)7-5-8-16(18)3/h5,7-8,17H,4,6,9-13H2,1-3H3. The monoisotopic (exact) mass is 269 g/mol. The first-order valence-corrected chi connectivity index (χ1v) is 8.06. The second kappa shape index (κ2) is 6.44. The third-order valence-corrected chi connectivity index (χ3v) is 5.16. The minimum absolute atomic E-state index is 0.110. The molecule has 20 heavy (non-hydrogen) atoms. The lowest BCUT2D eigenvalue weighted by molar-refractivity contribution is 0.200. The first kappa shape index (κ1) is 15.1. The van der Waals surface area contributed by atoms with Gasteiger partial charge in [-0.3, -0.25) is 0 Å². The van der Waals surface area contributed by atoms with Crippen LogP contribution in [0.15, 0.2) is 18.2 Å². The van der Waals surface area contributed by atoms with Crippen LogP contribution in [0, 0.1) is 36.5 Å². The summed E-state index contributed by atoms with van der Waals surface area (Å²) in [5, 5.41) is 9.75. The molecular weight excluding hydrogens is 242 g/mol. The van der Waals surface area contributed by atoms with Gasteiger partial charge in [0.1, 0.15) is 0 Å². The Morgan fingerprint density at radius 2 is 1.80 bits per heavy atom. The van der Waals surface area contributed by atoms with E-state index in [0.29, 0.717) is 0 Å². The van der Waals surface area contributed by atoms with Gasteiger partial charge in [0.05, 0.1) is 11.5 Å². The van der Waals surface area contributed by atoms with Crippen LogP contribution >= 0.6 is 0 Å². The number of aryl methyl sites for hydroxylation is 2. The van der Waals surface area contributed by atoms with Crippen LogP contribution < -0.4 is 0 Å². The summed E-state index contributed by atoms with van der Waals surface area (Å²) in [6.45, 7) is 6.62. The third kappa shape index (κ3) is 3.23. The molecule has 1 heteroatoms. The van der Waals surface area contributed by atoms with Crippen molar-refractivity contribution < 1.29 is 0 Å². The average Bonchev–Trinajstić information content (AvgIpc) is 2.45. The fourth-order valence-electron chi connectivity index (χ4n) is 3.72. The van der Waals surface area contributed by atoms with Crippen molar-refractivity contribution in [3.05, 3.63) is 34.9 Å². The second-order valence-corrected chi connectivity index (χ2v) is 6.67. The van der Waals surface area contributed by atoms with E-state index in [2.05, 4.69) is 45.0 Å². The van der Waals surface area contributed by atoms with Gasteiger partial charge in [0.2, 0.25) is 0 Å². The number of hydrogen-bond donors (Lipinski definition) is 0. The lowest BCUT2D eigenvalue weighted by Crippen LogP contribution is -2.29. The molecule has 0 atom stereocenters. The summed E-state index contributed by atoms with van der Waals surface area (Å²) in [4.78, 5) is 0. The second-order valence-electron chi connectivity index (χ2n) is 6.67. The van der Waals surface area contributed by atoms with Crippen molar-refractivity contribution in [1.29, 1.82) is 5.26 Å². The number of benzene rings is 1. The van der Waals surface area contributed by atoms with E-state index in [0.717, 1.165) is 25.2 Å². The maximum absolute atomic E-state index is 9.75. The Balaban J connectivity index is 2.12. The highest BCUT2D eigenvalue weighted by atomic mass is 14.4. The van der Waals surface area contributed by atoms with E-state index in [9.17, 15) is 5.26 Å². The zero-order valence-corrected chi connectivity index (χ0v) is 13.2. The van der Waals surface area contributed by atoms with Crippen molar-refractivity contribution >= 4 is 0 Å². The van der Waals surface area contributed by atoms with E-state index in [1.807, 2.05) is 0 Å². The summed E-state index contributed by atoms with van der Waals surface area (Å²) in [6, 6.07) is 9.15. The Bertz CT molecular complexity index is 467. The zero-order valence-electron chi connectivity index (χ0n) is 13.2. The molecule has 0 N–H and O–H groups in total. The summed E-state index contributed by atoms with van der Waals surface area (Å²) in [6.07, 6.45) is 8.22. The average molecular weight is 269 g/mol. The molecule has 1 aliphatic rings. The van der Waals surface area contributed by atoms with Gasteiger partial charge in [0, 0.05) is 0 Å². The molecule has 0 bridgehead atoms. The van der Waals surface area contributed by atoms with Crippen LogP contribution in [0.1, 0.15) is 62.1 Å². The van der Waals surface area contributed by atoms with Gasteiger partial charge in [-0.05, 0) is 68.6 Å². The molecule has 0 radical (unpaired) electrons. The Labute approximate surface area is 124 Å². The third-order valence-electron chi connectivity index (χ3n) is 5.16. The first-order chi connectivity index (χ1) is 9.60. The molecule has 1 nitrogen and oxygen atoms in total. The number of hydrogen-bond acceptors (Lipinski definition) is 1. The minimum atomic E-state index is -0.110. The maximum Gasteiger partial charge on any atom is 0.0693 e.